The number of nitrogen functional groups attached to an aromatic ring is 1. The maximum atomic E-state index is 12.0. The van der Waals surface area contributed by atoms with Crippen LogP contribution < -0.4 is 10.6 Å². The Balaban J connectivity index is 1.45. The average Bonchev–Trinajstić information content (AvgIpc) is 3.31. The van der Waals surface area contributed by atoms with E-state index in [4.69, 9.17) is 30.6 Å². The van der Waals surface area contributed by atoms with E-state index in [1.165, 1.54) is 11.1 Å². The number of hydrogen-bond acceptors (Lipinski definition) is 10. The highest BCUT2D eigenvalue weighted by atomic mass is 32.1. The number of carbonyl (C=O) groups excluding carboxylic acids is 1. The minimum Gasteiger partial charge on any atom is -0.450 e. The lowest BCUT2D eigenvalue weighted by Gasteiger charge is -2.33. The topological polar surface area (TPSA) is 121 Å². The molecule has 2 saturated heterocycles. The molecule has 3 N–H and O–H groups in total. The van der Waals surface area contributed by atoms with Crippen LogP contribution in [-0.2, 0) is 16.0 Å². The summed E-state index contributed by atoms with van der Waals surface area (Å²) in [6.45, 7) is 8.79. The van der Waals surface area contributed by atoms with Crippen LogP contribution in [0.2, 0.25) is 0 Å². The smallest absolute Gasteiger partial charge is 0.409 e. The van der Waals surface area contributed by atoms with Crippen molar-refractivity contribution in [2.75, 3.05) is 69.7 Å². The van der Waals surface area contributed by atoms with Gasteiger partial charge in [-0.3, -0.25) is 4.90 Å². The zero-order chi connectivity index (χ0) is 25.1. The molecule has 0 atom stereocenters. The molecule has 1 aromatic carbocycles. The van der Waals surface area contributed by atoms with Crippen molar-refractivity contribution in [3.63, 3.8) is 0 Å². The van der Waals surface area contributed by atoms with Gasteiger partial charge in [0.2, 0.25) is 0 Å². The van der Waals surface area contributed by atoms with E-state index in [0.717, 1.165) is 54.3 Å². The highest BCUT2D eigenvalue weighted by Crippen LogP contribution is 2.36. The van der Waals surface area contributed by atoms with Crippen LogP contribution in [0.25, 0.3) is 21.6 Å². The Morgan fingerprint density at radius 2 is 1.97 bits per heavy atom. The second-order valence-electron chi connectivity index (χ2n) is 8.81. The van der Waals surface area contributed by atoms with Crippen molar-refractivity contribution in [2.24, 2.45) is 0 Å². The lowest BCUT2D eigenvalue weighted by atomic mass is 10.1. The number of fused-ring (bicyclic) bond motifs is 1. The molecule has 10 nitrogen and oxygen atoms in total. The summed E-state index contributed by atoms with van der Waals surface area (Å²) in [4.78, 5) is 29.5. The van der Waals surface area contributed by atoms with E-state index in [1.807, 2.05) is 19.1 Å². The van der Waals surface area contributed by atoms with Crippen LogP contribution in [0, 0.1) is 5.41 Å². The van der Waals surface area contributed by atoms with Crippen LogP contribution in [0.5, 0.6) is 0 Å². The van der Waals surface area contributed by atoms with Gasteiger partial charge in [-0.1, -0.05) is 12.1 Å². The Bertz CT molecular complexity index is 1250. The predicted molar refractivity (Wildman–Crippen MR) is 142 cm³/mol. The SMILES string of the molecule is CCOC(=O)N1CCN(Cc2cc3nc(-c4cccc(N)c4C=N)nc(N4CCOCC4)c3s2)CC1. The van der Waals surface area contributed by atoms with E-state index >= 15 is 0 Å². The molecule has 190 valence electrons. The number of nitrogens with one attached hydrogen (secondary N) is 1. The van der Waals surface area contributed by atoms with Crippen LogP contribution >= 0.6 is 11.3 Å². The summed E-state index contributed by atoms with van der Waals surface area (Å²) < 4.78 is 11.8. The summed E-state index contributed by atoms with van der Waals surface area (Å²) in [7, 11) is 0. The first-order valence-corrected chi connectivity index (χ1v) is 13.1. The van der Waals surface area contributed by atoms with E-state index < -0.39 is 0 Å². The number of thiophene rings is 1. The first-order valence-electron chi connectivity index (χ1n) is 12.2. The van der Waals surface area contributed by atoms with Gasteiger partial charge in [0.15, 0.2) is 11.6 Å². The van der Waals surface area contributed by atoms with Gasteiger partial charge in [0, 0.05) is 73.7 Å². The minimum atomic E-state index is -0.234. The summed E-state index contributed by atoms with van der Waals surface area (Å²) in [5.41, 5.74) is 8.95. The van der Waals surface area contributed by atoms with Gasteiger partial charge in [0.05, 0.1) is 30.0 Å². The maximum Gasteiger partial charge on any atom is 0.409 e. The minimum absolute atomic E-state index is 0.234. The normalized spacial score (nSPS) is 16.9. The number of aromatic nitrogens is 2. The fourth-order valence-electron chi connectivity index (χ4n) is 4.61. The number of nitrogens with two attached hydrogens (primary N) is 1. The molecule has 0 bridgehead atoms. The van der Waals surface area contributed by atoms with E-state index in [-0.39, 0.29) is 6.09 Å². The average molecular weight is 510 g/mol. The number of piperazine rings is 1. The summed E-state index contributed by atoms with van der Waals surface area (Å²) in [5, 5.41) is 7.88. The number of carbonyl (C=O) groups is 1. The summed E-state index contributed by atoms with van der Waals surface area (Å²) in [6.07, 6.45) is 1.03. The van der Waals surface area contributed by atoms with Gasteiger partial charge < -0.3 is 30.4 Å². The second kappa shape index (κ2) is 10.8. The summed E-state index contributed by atoms with van der Waals surface area (Å²) in [6, 6.07) is 7.71. The lowest BCUT2D eigenvalue weighted by molar-refractivity contribution is 0.0781. The zero-order valence-corrected chi connectivity index (χ0v) is 21.2. The summed E-state index contributed by atoms with van der Waals surface area (Å²) in [5.74, 6) is 1.47. The third-order valence-electron chi connectivity index (χ3n) is 6.52. The van der Waals surface area contributed by atoms with Crippen LogP contribution in [-0.4, -0.2) is 91.2 Å². The van der Waals surface area contributed by atoms with Gasteiger partial charge in [-0.15, -0.1) is 11.3 Å². The molecular weight excluding hydrogens is 478 g/mol. The van der Waals surface area contributed by atoms with E-state index in [2.05, 4.69) is 15.9 Å². The molecule has 0 aliphatic carbocycles. The molecule has 11 heteroatoms. The molecule has 2 fully saturated rings. The van der Waals surface area contributed by atoms with Crippen LogP contribution in [0.15, 0.2) is 24.3 Å². The molecule has 0 radical (unpaired) electrons. The predicted octanol–water partition coefficient (Wildman–Crippen LogP) is 3.05. The first kappa shape index (κ1) is 24.4. The van der Waals surface area contributed by atoms with Crippen molar-refractivity contribution in [1.29, 1.82) is 5.41 Å². The number of ether oxygens (including phenoxy) is 2. The molecule has 4 heterocycles. The van der Waals surface area contributed by atoms with Crippen LogP contribution in [0.3, 0.4) is 0 Å². The fraction of sp³-hybridized carbons (Fsp3) is 0.440. The molecule has 2 aliphatic rings. The molecule has 1 amide bonds. The number of benzene rings is 1. The Morgan fingerprint density at radius 1 is 1.19 bits per heavy atom. The highest BCUT2D eigenvalue weighted by molar-refractivity contribution is 7.19. The first-order chi connectivity index (χ1) is 17.6. The Labute approximate surface area is 214 Å². The molecule has 0 unspecified atom stereocenters. The third kappa shape index (κ3) is 4.99. The van der Waals surface area contributed by atoms with Crippen molar-refractivity contribution in [1.82, 2.24) is 19.8 Å². The van der Waals surface area contributed by atoms with Crippen molar-refractivity contribution < 1.29 is 14.3 Å². The van der Waals surface area contributed by atoms with Crippen molar-refractivity contribution in [2.45, 2.75) is 13.5 Å². The largest absolute Gasteiger partial charge is 0.450 e. The van der Waals surface area contributed by atoms with Crippen molar-refractivity contribution in [3.05, 3.63) is 34.7 Å². The molecule has 5 rings (SSSR count). The quantitative estimate of drug-likeness (QED) is 0.384. The molecule has 0 saturated carbocycles. The van der Waals surface area contributed by atoms with E-state index in [9.17, 15) is 4.79 Å². The Hall–Kier alpha value is -3.28. The van der Waals surface area contributed by atoms with Crippen LogP contribution in [0.4, 0.5) is 16.3 Å². The molecule has 0 spiro atoms. The highest BCUT2D eigenvalue weighted by Gasteiger charge is 2.24. The number of morpholine rings is 1. The number of nitrogens with zero attached hydrogens (tertiary/aromatic N) is 5. The standard InChI is InChI=1S/C25H31N7O3S/c1-2-35-25(33)32-8-6-30(7-9-32)16-17-14-21-22(36-17)24(31-10-12-34-13-11-31)29-23(28-21)18-4-3-5-20(27)19(18)15-26/h3-5,14-15,26H,2,6-13,16,27H2,1H3. The van der Waals surface area contributed by atoms with Crippen molar-refractivity contribution in [3.8, 4) is 11.4 Å². The van der Waals surface area contributed by atoms with E-state index in [0.29, 0.717) is 50.0 Å². The molecular formula is C25H31N7O3S. The number of anilines is 2. The van der Waals surface area contributed by atoms with Gasteiger partial charge >= 0.3 is 6.09 Å². The maximum absolute atomic E-state index is 12.0. The number of rotatable bonds is 6. The third-order valence-corrected chi connectivity index (χ3v) is 7.62. The van der Waals surface area contributed by atoms with Crippen LogP contribution in [0.1, 0.15) is 17.4 Å². The second-order valence-corrected chi connectivity index (χ2v) is 9.95. The molecule has 3 aromatic rings. The lowest BCUT2D eigenvalue weighted by Crippen LogP contribution is -2.48. The Morgan fingerprint density at radius 3 is 2.69 bits per heavy atom. The molecule has 2 aromatic heterocycles. The van der Waals surface area contributed by atoms with Gasteiger partial charge in [0.25, 0.3) is 0 Å². The van der Waals surface area contributed by atoms with Gasteiger partial charge in [-0.2, -0.15) is 0 Å². The number of amides is 1. The number of hydrogen-bond donors (Lipinski definition) is 2. The van der Waals surface area contributed by atoms with E-state index in [1.54, 1.807) is 22.3 Å². The summed E-state index contributed by atoms with van der Waals surface area (Å²) >= 11 is 1.72. The molecule has 2 aliphatic heterocycles. The van der Waals surface area contributed by atoms with Crippen molar-refractivity contribution >= 4 is 45.4 Å². The monoisotopic (exact) mass is 509 g/mol. The zero-order valence-electron chi connectivity index (χ0n) is 20.4. The van der Waals surface area contributed by atoms with Gasteiger partial charge in [-0.25, -0.2) is 14.8 Å². The fourth-order valence-corrected chi connectivity index (χ4v) is 5.77. The molecule has 36 heavy (non-hydrogen) atoms. The van der Waals surface area contributed by atoms with Gasteiger partial charge in [-0.05, 0) is 19.1 Å². The Kier molecular flexibility index (Phi) is 7.30. The van der Waals surface area contributed by atoms with Gasteiger partial charge in [0.1, 0.15) is 0 Å².